The molecular formula is C24H29N3O4S2. The first-order chi connectivity index (χ1) is 15.7. The van der Waals surface area contributed by atoms with E-state index in [0.29, 0.717) is 22.2 Å². The lowest BCUT2D eigenvalue weighted by atomic mass is 9.90. The summed E-state index contributed by atoms with van der Waals surface area (Å²) in [6.07, 6.45) is 3.07. The zero-order valence-electron chi connectivity index (χ0n) is 19.1. The predicted molar refractivity (Wildman–Crippen MR) is 130 cm³/mol. The molecule has 1 atom stereocenters. The van der Waals surface area contributed by atoms with E-state index in [2.05, 4.69) is 29.2 Å². The van der Waals surface area contributed by atoms with Gasteiger partial charge in [0.25, 0.3) is 5.22 Å². The molecule has 0 saturated carbocycles. The molecule has 2 aromatic carbocycles. The van der Waals surface area contributed by atoms with E-state index < -0.39 is 10.0 Å². The van der Waals surface area contributed by atoms with Crippen molar-refractivity contribution in [2.24, 2.45) is 5.92 Å². The molecule has 1 saturated heterocycles. The standard InChI is InChI=1S/C24H29N3O4S2/c1-17(23(28)27-13-11-19(12-14-27)15-18-7-5-4-6-8-18)32-24-25-21-16-20(9-10-22(21)31-24)33(29,30)26(2)3/h4-10,16-17,19H,11-15H2,1-3H3. The maximum atomic E-state index is 13.0. The zero-order valence-corrected chi connectivity index (χ0v) is 20.7. The van der Waals surface area contributed by atoms with Crippen LogP contribution in [0.4, 0.5) is 0 Å². The van der Waals surface area contributed by atoms with Gasteiger partial charge in [-0.25, -0.2) is 17.7 Å². The van der Waals surface area contributed by atoms with Crippen LogP contribution in [0.5, 0.6) is 0 Å². The first-order valence-electron chi connectivity index (χ1n) is 11.1. The minimum atomic E-state index is -3.55. The Morgan fingerprint density at radius 2 is 1.88 bits per heavy atom. The van der Waals surface area contributed by atoms with Crippen LogP contribution in [0.2, 0.25) is 0 Å². The maximum Gasteiger partial charge on any atom is 0.257 e. The molecule has 1 aliphatic heterocycles. The molecule has 0 spiro atoms. The van der Waals surface area contributed by atoms with Gasteiger partial charge in [-0.2, -0.15) is 0 Å². The number of carbonyl (C=O) groups excluding carboxylic acids is 1. The number of likely N-dealkylation sites (tertiary alicyclic amines) is 1. The van der Waals surface area contributed by atoms with Gasteiger partial charge in [0.15, 0.2) is 5.58 Å². The Morgan fingerprint density at radius 3 is 2.55 bits per heavy atom. The Kier molecular flexibility index (Phi) is 7.11. The number of nitrogens with zero attached hydrogens (tertiary/aromatic N) is 3. The molecule has 1 aromatic heterocycles. The van der Waals surface area contributed by atoms with Crippen LogP contribution in [0.25, 0.3) is 11.1 Å². The van der Waals surface area contributed by atoms with Crippen molar-refractivity contribution >= 4 is 38.8 Å². The molecule has 1 aliphatic rings. The summed E-state index contributed by atoms with van der Waals surface area (Å²) in [4.78, 5) is 19.5. The summed E-state index contributed by atoms with van der Waals surface area (Å²) in [6.45, 7) is 3.39. The number of thioether (sulfide) groups is 1. The fourth-order valence-corrected chi connectivity index (χ4v) is 5.83. The number of benzene rings is 2. The van der Waals surface area contributed by atoms with E-state index in [1.165, 1.54) is 43.6 Å². The van der Waals surface area contributed by atoms with Gasteiger partial charge in [0.2, 0.25) is 15.9 Å². The summed E-state index contributed by atoms with van der Waals surface area (Å²) in [5.41, 5.74) is 2.31. The minimum absolute atomic E-state index is 0.0799. The summed E-state index contributed by atoms with van der Waals surface area (Å²) in [6, 6.07) is 15.1. The Bertz CT molecular complexity index is 1220. The summed E-state index contributed by atoms with van der Waals surface area (Å²) >= 11 is 1.27. The van der Waals surface area contributed by atoms with Crippen molar-refractivity contribution in [3.8, 4) is 0 Å². The van der Waals surface area contributed by atoms with Gasteiger partial charge in [-0.3, -0.25) is 4.79 Å². The lowest BCUT2D eigenvalue weighted by Gasteiger charge is -2.33. The van der Waals surface area contributed by atoms with E-state index in [1.807, 2.05) is 17.9 Å². The van der Waals surface area contributed by atoms with E-state index in [4.69, 9.17) is 4.42 Å². The Hall–Kier alpha value is -2.36. The molecule has 9 heteroatoms. The summed E-state index contributed by atoms with van der Waals surface area (Å²) in [7, 11) is -0.576. The van der Waals surface area contributed by atoms with Crippen molar-refractivity contribution in [1.29, 1.82) is 0 Å². The van der Waals surface area contributed by atoms with Gasteiger partial charge < -0.3 is 9.32 Å². The van der Waals surface area contributed by atoms with Crippen LogP contribution in [-0.4, -0.2) is 60.9 Å². The summed E-state index contributed by atoms with van der Waals surface area (Å²) < 4.78 is 31.6. The average molecular weight is 488 g/mol. The summed E-state index contributed by atoms with van der Waals surface area (Å²) in [5, 5.41) is 0.0259. The molecule has 1 unspecified atom stereocenters. The first-order valence-corrected chi connectivity index (χ1v) is 13.4. The Morgan fingerprint density at radius 1 is 1.18 bits per heavy atom. The summed E-state index contributed by atoms with van der Waals surface area (Å²) in [5.74, 6) is 0.681. The molecule has 176 valence electrons. The molecule has 0 bridgehead atoms. The second-order valence-corrected chi connectivity index (χ2v) is 12.1. The van der Waals surface area contributed by atoms with E-state index in [0.717, 1.165) is 36.7 Å². The van der Waals surface area contributed by atoms with Crippen molar-refractivity contribution in [3.05, 3.63) is 54.1 Å². The number of oxazole rings is 1. The van der Waals surface area contributed by atoms with Gasteiger partial charge in [-0.1, -0.05) is 42.1 Å². The van der Waals surface area contributed by atoms with Crippen LogP contribution < -0.4 is 0 Å². The van der Waals surface area contributed by atoms with E-state index >= 15 is 0 Å². The number of hydrogen-bond acceptors (Lipinski definition) is 6. The first kappa shape index (κ1) is 23.8. The van der Waals surface area contributed by atoms with Crippen molar-refractivity contribution in [2.45, 2.75) is 41.6 Å². The molecule has 7 nitrogen and oxygen atoms in total. The molecule has 1 amide bonds. The van der Waals surface area contributed by atoms with Crippen molar-refractivity contribution in [1.82, 2.24) is 14.2 Å². The SMILES string of the molecule is CC(Sc1nc2cc(S(=O)(=O)N(C)C)ccc2o1)C(=O)N1CCC(Cc2ccccc2)CC1. The van der Waals surface area contributed by atoms with E-state index in [-0.39, 0.29) is 16.1 Å². The monoisotopic (exact) mass is 487 g/mol. The van der Waals surface area contributed by atoms with Gasteiger partial charge in [0.1, 0.15) is 5.52 Å². The number of carbonyl (C=O) groups is 1. The average Bonchev–Trinajstić information content (AvgIpc) is 3.21. The number of piperidine rings is 1. The molecule has 0 radical (unpaired) electrons. The zero-order chi connectivity index (χ0) is 23.6. The fourth-order valence-electron chi connectivity index (χ4n) is 4.07. The van der Waals surface area contributed by atoms with Gasteiger partial charge in [0.05, 0.1) is 10.1 Å². The highest BCUT2D eigenvalue weighted by Gasteiger charge is 2.28. The van der Waals surface area contributed by atoms with Crippen LogP contribution in [0.15, 0.2) is 63.1 Å². The van der Waals surface area contributed by atoms with Crippen LogP contribution in [-0.2, 0) is 21.2 Å². The lowest BCUT2D eigenvalue weighted by Crippen LogP contribution is -2.42. The highest BCUT2D eigenvalue weighted by Crippen LogP contribution is 2.30. The lowest BCUT2D eigenvalue weighted by molar-refractivity contribution is -0.131. The third kappa shape index (κ3) is 5.42. The van der Waals surface area contributed by atoms with Crippen molar-refractivity contribution < 1.29 is 17.6 Å². The molecule has 3 aromatic rings. The number of fused-ring (bicyclic) bond motifs is 1. The van der Waals surface area contributed by atoms with E-state index in [9.17, 15) is 13.2 Å². The number of amides is 1. The minimum Gasteiger partial charge on any atom is -0.431 e. The fraction of sp³-hybridized carbons (Fsp3) is 0.417. The van der Waals surface area contributed by atoms with Gasteiger partial charge in [0, 0.05) is 27.2 Å². The third-order valence-electron chi connectivity index (χ3n) is 6.04. The molecule has 0 N–H and O–H groups in total. The molecule has 0 aliphatic carbocycles. The van der Waals surface area contributed by atoms with Gasteiger partial charge in [-0.15, -0.1) is 0 Å². The quantitative estimate of drug-likeness (QED) is 0.468. The second kappa shape index (κ2) is 9.87. The molecule has 33 heavy (non-hydrogen) atoms. The van der Waals surface area contributed by atoms with Crippen molar-refractivity contribution in [2.75, 3.05) is 27.2 Å². The Labute approximate surface area is 199 Å². The van der Waals surface area contributed by atoms with E-state index in [1.54, 1.807) is 6.07 Å². The number of aromatic nitrogens is 1. The van der Waals surface area contributed by atoms with Crippen LogP contribution >= 0.6 is 11.8 Å². The molecule has 4 rings (SSSR count). The van der Waals surface area contributed by atoms with Gasteiger partial charge >= 0.3 is 0 Å². The second-order valence-electron chi connectivity index (χ2n) is 8.62. The van der Waals surface area contributed by atoms with Gasteiger partial charge in [-0.05, 0) is 55.9 Å². The largest absolute Gasteiger partial charge is 0.431 e. The van der Waals surface area contributed by atoms with Crippen LogP contribution in [0, 0.1) is 5.92 Å². The van der Waals surface area contributed by atoms with Crippen LogP contribution in [0.1, 0.15) is 25.3 Å². The highest BCUT2D eigenvalue weighted by molar-refractivity contribution is 8.00. The number of rotatable bonds is 7. The Balaban J connectivity index is 1.36. The molecule has 2 heterocycles. The number of sulfonamides is 1. The smallest absolute Gasteiger partial charge is 0.257 e. The maximum absolute atomic E-state index is 13.0. The van der Waals surface area contributed by atoms with Crippen molar-refractivity contribution in [3.63, 3.8) is 0 Å². The predicted octanol–water partition coefficient (Wildman–Crippen LogP) is 4.04. The van der Waals surface area contributed by atoms with Crippen LogP contribution in [0.3, 0.4) is 0 Å². The topological polar surface area (TPSA) is 83.7 Å². The normalized spacial score (nSPS) is 16.4. The third-order valence-corrected chi connectivity index (χ3v) is 8.78. The highest BCUT2D eigenvalue weighted by atomic mass is 32.2. The molecular weight excluding hydrogens is 458 g/mol. The number of hydrogen-bond donors (Lipinski definition) is 0. The molecule has 1 fully saturated rings.